The standard InChI is InChI=1S/C20H20N2O4/c1-21-18-15(20(24)25)10-14-17(23)13-9-12(11-5-3-2-4-6-11)7-8-16(13)26-19(14)22-18/h7-11H,2-6H2,1H3,(H,21,22)(H,24,25). The number of nitrogens with one attached hydrogen (secondary N) is 1. The fraction of sp³-hybridized carbons (Fsp3) is 0.350. The number of benzene rings is 1. The Labute approximate surface area is 149 Å². The number of aromatic carboxylic acids is 1. The Morgan fingerprint density at radius 3 is 2.65 bits per heavy atom. The minimum Gasteiger partial charge on any atom is -0.478 e. The predicted molar refractivity (Wildman–Crippen MR) is 100 cm³/mol. The molecule has 0 radical (unpaired) electrons. The lowest BCUT2D eigenvalue weighted by atomic mass is 9.84. The van der Waals surface area contributed by atoms with Gasteiger partial charge in [0.05, 0.1) is 10.8 Å². The van der Waals surface area contributed by atoms with Crippen molar-refractivity contribution in [1.82, 2.24) is 4.98 Å². The number of pyridine rings is 1. The second kappa shape index (κ2) is 6.44. The predicted octanol–water partition coefficient (Wildman–Crippen LogP) is 4.13. The minimum atomic E-state index is -1.14. The van der Waals surface area contributed by atoms with Crippen LogP contribution in [0.4, 0.5) is 5.82 Å². The van der Waals surface area contributed by atoms with Crippen LogP contribution in [0.2, 0.25) is 0 Å². The Kier molecular flexibility index (Phi) is 4.11. The fourth-order valence-electron chi connectivity index (χ4n) is 3.84. The molecule has 134 valence electrons. The average molecular weight is 352 g/mol. The lowest BCUT2D eigenvalue weighted by Crippen LogP contribution is -2.10. The molecular formula is C20H20N2O4. The van der Waals surface area contributed by atoms with Crippen LogP contribution in [0.15, 0.2) is 33.5 Å². The third-order valence-corrected chi connectivity index (χ3v) is 5.23. The molecule has 0 spiro atoms. The summed E-state index contributed by atoms with van der Waals surface area (Å²) in [5, 5.41) is 12.8. The van der Waals surface area contributed by atoms with Crippen LogP contribution in [-0.2, 0) is 0 Å². The number of hydrogen-bond acceptors (Lipinski definition) is 5. The molecule has 6 nitrogen and oxygen atoms in total. The summed E-state index contributed by atoms with van der Waals surface area (Å²) in [6, 6.07) is 7.10. The molecule has 2 heterocycles. The smallest absolute Gasteiger partial charge is 0.339 e. The zero-order valence-corrected chi connectivity index (χ0v) is 14.5. The Hall–Kier alpha value is -2.89. The first-order chi connectivity index (χ1) is 12.6. The van der Waals surface area contributed by atoms with E-state index in [2.05, 4.69) is 10.3 Å². The van der Waals surface area contributed by atoms with Crippen LogP contribution in [0.25, 0.3) is 22.1 Å². The van der Waals surface area contributed by atoms with Crippen molar-refractivity contribution in [2.45, 2.75) is 38.0 Å². The highest BCUT2D eigenvalue weighted by molar-refractivity contribution is 5.98. The number of fused-ring (bicyclic) bond motifs is 2. The molecule has 0 atom stereocenters. The van der Waals surface area contributed by atoms with Crippen molar-refractivity contribution in [1.29, 1.82) is 0 Å². The first-order valence-corrected chi connectivity index (χ1v) is 8.91. The molecule has 1 fully saturated rings. The van der Waals surface area contributed by atoms with E-state index in [1.165, 1.54) is 25.3 Å². The quantitative estimate of drug-likeness (QED) is 0.689. The molecule has 1 aromatic carbocycles. The van der Waals surface area contributed by atoms with Gasteiger partial charge in [-0.25, -0.2) is 4.79 Å². The second-order valence-electron chi connectivity index (χ2n) is 6.81. The molecular weight excluding hydrogens is 332 g/mol. The summed E-state index contributed by atoms with van der Waals surface area (Å²) in [5.41, 5.74) is 1.48. The number of carboxylic acid groups (broad SMARTS) is 1. The third-order valence-electron chi connectivity index (χ3n) is 5.23. The molecule has 0 unspecified atom stereocenters. The van der Waals surface area contributed by atoms with Crippen LogP contribution in [0.3, 0.4) is 0 Å². The Morgan fingerprint density at radius 2 is 1.96 bits per heavy atom. The van der Waals surface area contributed by atoms with Gasteiger partial charge in [-0.05, 0) is 42.5 Å². The van der Waals surface area contributed by atoms with Gasteiger partial charge in [0.15, 0.2) is 0 Å². The van der Waals surface area contributed by atoms with Crippen LogP contribution >= 0.6 is 0 Å². The summed E-state index contributed by atoms with van der Waals surface area (Å²) in [7, 11) is 1.58. The maximum absolute atomic E-state index is 13.0. The molecule has 4 rings (SSSR count). The van der Waals surface area contributed by atoms with Crippen LogP contribution in [0.1, 0.15) is 53.9 Å². The van der Waals surface area contributed by atoms with Crippen molar-refractivity contribution in [3.05, 3.63) is 45.6 Å². The SMILES string of the molecule is CNc1nc2oc3ccc(C4CCCCC4)cc3c(=O)c2cc1C(=O)O. The van der Waals surface area contributed by atoms with Crippen molar-refractivity contribution in [2.24, 2.45) is 0 Å². The van der Waals surface area contributed by atoms with E-state index >= 15 is 0 Å². The van der Waals surface area contributed by atoms with Crippen molar-refractivity contribution < 1.29 is 14.3 Å². The molecule has 0 aliphatic heterocycles. The number of hydrogen-bond donors (Lipinski definition) is 2. The van der Waals surface area contributed by atoms with Gasteiger partial charge in [-0.3, -0.25) is 4.79 Å². The molecule has 1 saturated carbocycles. The largest absolute Gasteiger partial charge is 0.478 e. The Morgan fingerprint density at radius 1 is 1.19 bits per heavy atom. The number of carbonyl (C=O) groups is 1. The van der Waals surface area contributed by atoms with E-state index in [4.69, 9.17) is 4.42 Å². The number of anilines is 1. The van der Waals surface area contributed by atoms with E-state index in [1.807, 2.05) is 18.2 Å². The molecule has 0 amide bonds. The lowest BCUT2D eigenvalue weighted by Gasteiger charge is -2.22. The number of aromatic nitrogens is 1. The lowest BCUT2D eigenvalue weighted by molar-refractivity contribution is 0.0698. The van der Waals surface area contributed by atoms with Crippen molar-refractivity contribution in [2.75, 3.05) is 12.4 Å². The molecule has 2 aromatic heterocycles. The van der Waals surface area contributed by atoms with Gasteiger partial charge in [0.25, 0.3) is 0 Å². The highest BCUT2D eigenvalue weighted by Gasteiger charge is 2.19. The van der Waals surface area contributed by atoms with Crippen LogP contribution < -0.4 is 10.7 Å². The van der Waals surface area contributed by atoms with Crippen LogP contribution in [-0.4, -0.2) is 23.1 Å². The summed E-state index contributed by atoms with van der Waals surface area (Å²) in [6.45, 7) is 0. The monoisotopic (exact) mass is 352 g/mol. The molecule has 1 aliphatic rings. The van der Waals surface area contributed by atoms with Gasteiger partial charge in [0.2, 0.25) is 11.1 Å². The topological polar surface area (TPSA) is 92.4 Å². The van der Waals surface area contributed by atoms with Gasteiger partial charge in [-0.15, -0.1) is 0 Å². The van der Waals surface area contributed by atoms with E-state index in [1.54, 1.807) is 7.05 Å². The van der Waals surface area contributed by atoms with Gasteiger partial charge >= 0.3 is 5.97 Å². The number of rotatable bonds is 3. The molecule has 0 bridgehead atoms. The summed E-state index contributed by atoms with van der Waals surface area (Å²) in [6.07, 6.45) is 5.98. The molecule has 2 N–H and O–H groups in total. The summed E-state index contributed by atoms with van der Waals surface area (Å²) < 4.78 is 5.80. The molecule has 26 heavy (non-hydrogen) atoms. The van der Waals surface area contributed by atoms with Crippen LogP contribution in [0.5, 0.6) is 0 Å². The number of carboxylic acids is 1. The van der Waals surface area contributed by atoms with E-state index in [0.717, 1.165) is 18.4 Å². The van der Waals surface area contributed by atoms with Gasteiger partial charge < -0.3 is 14.8 Å². The van der Waals surface area contributed by atoms with E-state index < -0.39 is 5.97 Å². The normalized spacial score (nSPS) is 15.4. The van der Waals surface area contributed by atoms with E-state index in [-0.39, 0.29) is 27.9 Å². The third kappa shape index (κ3) is 2.71. The zero-order chi connectivity index (χ0) is 18.3. The summed E-state index contributed by atoms with van der Waals surface area (Å²) >= 11 is 0. The van der Waals surface area contributed by atoms with Gasteiger partial charge in [0.1, 0.15) is 17.0 Å². The first kappa shape index (κ1) is 16.6. The fourth-order valence-corrected chi connectivity index (χ4v) is 3.84. The number of nitrogens with zero attached hydrogens (tertiary/aromatic N) is 1. The maximum atomic E-state index is 13.0. The Bertz CT molecular complexity index is 1060. The highest BCUT2D eigenvalue weighted by Crippen LogP contribution is 2.34. The van der Waals surface area contributed by atoms with Crippen molar-refractivity contribution >= 4 is 33.9 Å². The van der Waals surface area contributed by atoms with Gasteiger partial charge in [-0.1, -0.05) is 25.3 Å². The highest BCUT2D eigenvalue weighted by atomic mass is 16.4. The first-order valence-electron chi connectivity index (χ1n) is 8.91. The summed E-state index contributed by atoms with van der Waals surface area (Å²) in [5.74, 6) is -0.492. The summed E-state index contributed by atoms with van der Waals surface area (Å²) in [4.78, 5) is 28.6. The molecule has 1 aliphatic carbocycles. The van der Waals surface area contributed by atoms with E-state index in [0.29, 0.717) is 16.9 Å². The molecule has 0 saturated heterocycles. The van der Waals surface area contributed by atoms with Crippen molar-refractivity contribution in [3.8, 4) is 0 Å². The van der Waals surface area contributed by atoms with E-state index in [9.17, 15) is 14.7 Å². The van der Waals surface area contributed by atoms with Crippen LogP contribution in [0, 0.1) is 0 Å². The average Bonchev–Trinajstić information content (AvgIpc) is 2.67. The van der Waals surface area contributed by atoms with Crippen molar-refractivity contribution in [3.63, 3.8) is 0 Å². The zero-order valence-electron chi connectivity index (χ0n) is 14.5. The maximum Gasteiger partial charge on any atom is 0.339 e. The van der Waals surface area contributed by atoms with Gasteiger partial charge in [0, 0.05) is 7.05 Å². The Balaban J connectivity index is 1.93. The van der Waals surface area contributed by atoms with Gasteiger partial charge in [-0.2, -0.15) is 4.98 Å². The minimum absolute atomic E-state index is 0.0462. The second-order valence-corrected chi connectivity index (χ2v) is 6.81. The molecule has 3 aromatic rings. The molecule has 6 heteroatoms.